The molecule has 0 aliphatic carbocycles. The molecule has 3 heteroatoms. The van der Waals surface area contributed by atoms with E-state index in [2.05, 4.69) is 16.4 Å². The Morgan fingerprint density at radius 2 is 2.00 bits per heavy atom. The molecule has 0 saturated carbocycles. The molecular weight excluding hydrogens is 212 g/mol. The van der Waals surface area contributed by atoms with Crippen LogP contribution in [0.15, 0.2) is 18.2 Å². The molecule has 2 rings (SSSR count). The Morgan fingerprint density at radius 1 is 1.29 bits per heavy atom. The molecule has 0 aliphatic rings. The lowest BCUT2D eigenvalue weighted by Crippen LogP contribution is -2.30. The number of rotatable bonds is 2. The number of H-pyrrole nitrogens is 1. The molecule has 0 aliphatic heterocycles. The van der Waals surface area contributed by atoms with Crippen LogP contribution in [0.5, 0.6) is 0 Å². The summed E-state index contributed by atoms with van der Waals surface area (Å²) in [5, 5.41) is 3.93. The fraction of sp³-hybridized carbons (Fsp3) is 0.357. The highest BCUT2D eigenvalue weighted by Crippen LogP contribution is 2.23. The first kappa shape index (κ1) is 11.7. The van der Waals surface area contributed by atoms with E-state index in [1.54, 1.807) is 0 Å². The number of aromatic amines is 1. The summed E-state index contributed by atoms with van der Waals surface area (Å²) in [6, 6.07) is 6.25. The lowest BCUT2D eigenvalue weighted by atomic mass is 10.1. The summed E-state index contributed by atoms with van der Waals surface area (Å²) in [5.74, 6) is -0.00685. The second-order valence-electron chi connectivity index (χ2n) is 4.80. The lowest BCUT2D eigenvalue weighted by molar-refractivity contribution is 0.0944. The normalized spacial score (nSPS) is 11.1. The Morgan fingerprint density at radius 3 is 2.65 bits per heavy atom. The molecule has 2 aromatic rings. The van der Waals surface area contributed by atoms with Crippen molar-refractivity contribution >= 4 is 16.8 Å². The van der Waals surface area contributed by atoms with Gasteiger partial charge >= 0.3 is 0 Å². The van der Waals surface area contributed by atoms with E-state index in [0.717, 1.165) is 22.2 Å². The summed E-state index contributed by atoms with van der Waals surface area (Å²) in [6.07, 6.45) is 0. The first-order valence-electron chi connectivity index (χ1n) is 5.89. The van der Waals surface area contributed by atoms with E-state index in [4.69, 9.17) is 0 Å². The van der Waals surface area contributed by atoms with E-state index in [1.165, 1.54) is 5.56 Å². The smallest absolute Gasteiger partial charge is 0.253 e. The molecular formula is C14H18N2O. The molecule has 2 N–H and O–H groups in total. The number of aryl methyl sites for hydroxylation is 2. The number of nitrogens with one attached hydrogen (secondary N) is 2. The van der Waals surface area contributed by atoms with E-state index in [9.17, 15) is 4.79 Å². The van der Waals surface area contributed by atoms with Gasteiger partial charge in [0.05, 0.1) is 5.56 Å². The summed E-state index contributed by atoms with van der Waals surface area (Å²) in [6.45, 7) is 7.91. The number of carbonyl (C=O) groups is 1. The molecule has 0 atom stereocenters. The molecule has 17 heavy (non-hydrogen) atoms. The minimum Gasteiger partial charge on any atom is -0.358 e. The molecule has 90 valence electrons. The zero-order chi connectivity index (χ0) is 12.6. The average Bonchev–Trinajstić information content (AvgIpc) is 2.51. The third-order valence-corrected chi connectivity index (χ3v) is 2.79. The maximum absolute atomic E-state index is 12.1. The van der Waals surface area contributed by atoms with Crippen molar-refractivity contribution in [2.45, 2.75) is 33.7 Å². The van der Waals surface area contributed by atoms with Gasteiger partial charge in [-0.2, -0.15) is 0 Å². The van der Waals surface area contributed by atoms with Crippen molar-refractivity contribution in [3.8, 4) is 0 Å². The van der Waals surface area contributed by atoms with Crippen LogP contribution in [-0.4, -0.2) is 16.9 Å². The summed E-state index contributed by atoms with van der Waals surface area (Å²) in [4.78, 5) is 15.4. The van der Waals surface area contributed by atoms with Crippen LogP contribution in [-0.2, 0) is 0 Å². The fourth-order valence-electron chi connectivity index (χ4n) is 2.07. The number of fused-ring (bicyclic) bond motifs is 1. The van der Waals surface area contributed by atoms with E-state index in [-0.39, 0.29) is 11.9 Å². The lowest BCUT2D eigenvalue weighted by Gasteiger charge is -2.08. The third kappa shape index (κ3) is 2.18. The molecule has 0 saturated heterocycles. The van der Waals surface area contributed by atoms with Crippen molar-refractivity contribution in [2.75, 3.05) is 0 Å². The van der Waals surface area contributed by atoms with E-state index >= 15 is 0 Å². The third-order valence-electron chi connectivity index (χ3n) is 2.79. The van der Waals surface area contributed by atoms with Crippen LogP contribution < -0.4 is 5.32 Å². The first-order valence-corrected chi connectivity index (χ1v) is 5.89. The van der Waals surface area contributed by atoms with E-state index in [1.807, 2.05) is 39.8 Å². The molecule has 1 aromatic heterocycles. The van der Waals surface area contributed by atoms with Gasteiger partial charge in [-0.05, 0) is 39.3 Å². The van der Waals surface area contributed by atoms with E-state index < -0.39 is 0 Å². The fourth-order valence-corrected chi connectivity index (χ4v) is 2.07. The maximum Gasteiger partial charge on any atom is 0.253 e. The molecule has 0 spiro atoms. The van der Waals surface area contributed by atoms with Crippen molar-refractivity contribution in [3.05, 3.63) is 35.0 Å². The Hall–Kier alpha value is -1.77. The topological polar surface area (TPSA) is 44.9 Å². The Bertz CT molecular complexity index is 567. The van der Waals surface area contributed by atoms with Crippen LogP contribution in [0.4, 0.5) is 0 Å². The van der Waals surface area contributed by atoms with Crippen molar-refractivity contribution in [1.82, 2.24) is 10.3 Å². The minimum absolute atomic E-state index is 0.00685. The van der Waals surface area contributed by atoms with E-state index in [0.29, 0.717) is 0 Å². The van der Waals surface area contributed by atoms with Gasteiger partial charge in [0.15, 0.2) is 0 Å². The zero-order valence-corrected chi connectivity index (χ0v) is 10.7. The van der Waals surface area contributed by atoms with Gasteiger partial charge < -0.3 is 10.3 Å². The predicted octanol–water partition coefficient (Wildman–Crippen LogP) is 2.92. The second-order valence-corrected chi connectivity index (χ2v) is 4.80. The second kappa shape index (κ2) is 4.24. The molecule has 0 fully saturated rings. The summed E-state index contributed by atoms with van der Waals surface area (Å²) in [5.41, 5.74) is 3.89. The van der Waals surface area contributed by atoms with Crippen molar-refractivity contribution < 1.29 is 4.79 Å². The number of aromatic nitrogens is 1. The molecule has 0 bridgehead atoms. The van der Waals surface area contributed by atoms with Crippen LogP contribution in [0, 0.1) is 13.8 Å². The van der Waals surface area contributed by atoms with Crippen LogP contribution in [0.2, 0.25) is 0 Å². The number of hydrogen-bond acceptors (Lipinski definition) is 1. The van der Waals surface area contributed by atoms with Gasteiger partial charge in [-0.1, -0.05) is 12.1 Å². The highest BCUT2D eigenvalue weighted by Gasteiger charge is 2.16. The SMILES string of the molecule is Cc1ccc2c(C(=O)NC(C)C)c(C)[nH]c2c1. The van der Waals surface area contributed by atoms with Gasteiger partial charge in [0, 0.05) is 22.6 Å². The number of benzene rings is 1. The average molecular weight is 230 g/mol. The van der Waals surface area contributed by atoms with Gasteiger partial charge in [-0.3, -0.25) is 4.79 Å². The molecule has 1 aromatic carbocycles. The van der Waals surface area contributed by atoms with Gasteiger partial charge in [0.25, 0.3) is 5.91 Å². The predicted molar refractivity (Wildman–Crippen MR) is 70.4 cm³/mol. The Labute approximate surface area is 101 Å². The summed E-state index contributed by atoms with van der Waals surface area (Å²) < 4.78 is 0. The van der Waals surface area contributed by atoms with Gasteiger partial charge in [0.2, 0.25) is 0 Å². The zero-order valence-electron chi connectivity index (χ0n) is 10.7. The quantitative estimate of drug-likeness (QED) is 0.818. The molecule has 0 radical (unpaired) electrons. The van der Waals surface area contributed by atoms with Gasteiger partial charge in [-0.25, -0.2) is 0 Å². The maximum atomic E-state index is 12.1. The van der Waals surface area contributed by atoms with Gasteiger partial charge in [-0.15, -0.1) is 0 Å². The Balaban J connectivity index is 2.53. The number of hydrogen-bond donors (Lipinski definition) is 2. The standard InChI is InChI=1S/C14H18N2O/c1-8(2)15-14(17)13-10(4)16-12-7-9(3)5-6-11(12)13/h5-8,16H,1-4H3,(H,15,17). The molecule has 1 amide bonds. The monoisotopic (exact) mass is 230 g/mol. The first-order chi connectivity index (χ1) is 7.99. The summed E-state index contributed by atoms with van der Waals surface area (Å²) in [7, 11) is 0. The molecule has 1 heterocycles. The van der Waals surface area contributed by atoms with Crippen LogP contribution in [0.1, 0.15) is 35.5 Å². The van der Waals surface area contributed by atoms with Crippen LogP contribution >= 0.6 is 0 Å². The molecule has 3 nitrogen and oxygen atoms in total. The molecule has 0 unspecified atom stereocenters. The van der Waals surface area contributed by atoms with Crippen molar-refractivity contribution in [3.63, 3.8) is 0 Å². The van der Waals surface area contributed by atoms with Crippen LogP contribution in [0.25, 0.3) is 10.9 Å². The highest BCUT2D eigenvalue weighted by atomic mass is 16.1. The highest BCUT2D eigenvalue weighted by molar-refractivity contribution is 6.08. The van der Waals surface area contributed by atoms with Crippen LogP contribution in [0.3, 0.4) is 0 Å². The van der Waals surface area contributed by atoms with Crippen molar-refractivity contribution in [1.29, 1.82) is 0 Å². The minimum atomic E-state index is -0.00685. The Kier molecular flexibility index (Phi) is 2.92. The number of amides is 1. The number of carbonyl (C=O) groups excluding carboxylic acids is 1. The largest absolute Gasteiger partial charge is 0.358 e. The van der Waals surface area contributed by atoms with Crippen molar-refractivity contribution in [2.24, 2.45) is 0 Å². The summed E-state index contributed by atoms with van der Waals surface area (Å²) >= 11 is 0. The van der Waals surface area contributed by atoms with Gasteiger partial charge in [0.1, 0.15) is 0 Å².